The number of carbonyl (C=O) groups is 2. The van der Waals surface area contributed by atoms with Crippen molar-refractivity contribution in [2.24, 2.45) is 0 Å². The number of benzene rings is 2. The third-order valence-corrected chi connectivity index (χ3v) is 6.50. The Morgan fingerprint density at radius 1 is 0.714 bits per heavy atom. The molecule has 0 unspecified atom stereocenters. The molecule has 2 aromatic heterocycles. The first-order valence-corrected chi connectivity index (χ1v) is 14.3. The maximum Gasteiger partial charge on any atom is 0.313 e. The van der Waals surface area contributed by atoms with Crippen molar-refractivity contribution in [2.45, 2.75) is 39.5 Å². The van der Waals surface area contributed by atoms with Gasteiger partial charge in [0.05, 0.1) is 26.1 Å². The van der Waals surface area contributed by atoms with Gasteiger partial charge >= 0.3 is 11.9 Å². The van der Waals surface area contributed by atoms with Crippen LogP contribution < -0.4 is 9.47 Å². The first kappa shape index (κ1) is 35.3. The molecule has 0 amide bonds. The molecule has 0 saturated carbocycles. The Bertz CT molecular complexity index is 1320. The number of nitrogens with zero attached hydrogens (tertiary/aromatic N) is 2. The van der Waals surface area contributed by atoms with E-state index < -0.39 is 0 Å². The van der Waals surface area contributed by atoms with Gasteiger partial charge in [0.15, 0.2) is 0 Å². The average Bonchev–Trinajstić information content (AvgIpc) is 3.57. The van der Waals surface area contributed by atoms with Crippen molar-refractivity contribution in [3.8, 4) is 11.5 Å². The van der Waals surface area contributed by atoms with Crippen molar-refractivity contribution in [2.75, 3.05) is 54.5 Å². The van der Waals surface area contributed by atoms with Gasteiger partial charge in [-0.2, -0.15) is 0 Å². The van der Waals surface area contributed by atoms with E-state index in [2.05, 4.69) is 19.8 Å². The number of likely N-dealkylation sites (N-methyl/N-ethyl adjacent to an activating group) is 2. The smallest absolute Gasteiger partial charge is 0.313 e. The number of hydrogen-bond acceptors (Lipinski definition) is 7. The minimum atomic E-state index is -0.380. The molecule has 9 nitrogen and oxygen atoms in total. The highest BCUT2D eigenvalue weighted by molar-refractivity contribution is 14.0. The molecule has 0 bridgehead atoms. The molecule has 0 fully saturated rings. The predicted octanol–water partition coefficient (Wildman–Crippen LogP) is 6.30. The monoisotopic (exact) mass is 696 g/mol. The maximum atomic E-state index is 12.5. The molecular formula is C32H49IN4O5. The van der Waals surface area contributed by atoms with Crippen molar-refractivity contribution in [3.05, 3.63) is 59.9 Å². The van der Waals surface area contributed by atoms with Gasteiger partial charge in [-0.15, -0.1) is 24.0 Å². The standard InChI is InChI=1S/C30H38N4O5.C2H6.HI.2H2/c1-33(2)15-11-21-19-31-23-7-5-9-25(29(21)23)38-27(35)13-17-37-18-14-28(36)39-26-10-6-8-24-30(26)22(20-32-24)12-16-34(3)4;1-2;;;/h5-10,19-20,31-32H,11-18H2,1-4H3;1-2H3;3*1H. The molecular weight excluding hydrogens is 647 g/mol. The number of nitrogens with one attached hydrogen (secondary N) is 2. The fourth-order valence-corrected chi connectivity index (χ4v) is 4.45. The molecule has 0 aliphatic heterocycles. The number of fused-ring (bicyclic) bond motifs is 2. The fraction of sp³-hybridized carbons (Fsp3) is 0.438. The molecule has 2 N–H and O–H groups in total. The van der Waals surface area contributed by atoms with Crippen LogP contribution in [0.2, 0.25) is 0 Å². The second-order valence-corrected chi connectivity index (χ2v) is 10.2. The minimum Gasteiger partial charge on any atom is -0.426 e. The molecule has 42 heavy (non-hydrogen) atoms. The molecule has 0 aliphatic carbocycles. The number of carbonyl (C=O) groups excluding carboxylic acids is 2. The quantitative estimate of drug-likeness (QED) is 0.0691. The van der Waals surface area contributed by atoms with Gasteiger partial charge in [0.1, 0.15) is 11.5 Å². The van der Waals surface area contributed by atoms with Crippen LogP contribution in [0.25, 0.3) is 21.8 Å². The first-order chi connectivity index (χ1) is 19.8. The van der Waals surface area contributed by atoms with E-state index in [-0.39, 0.29) is 64.8 Å². The van der Waals surface area contributed by atoms with Crippen LogP contribution in [0.5, 0.6) is 11.5 Å². The molecule has 4 rings (SSSR count). The summed E-state index contributed by atoms with van der Waals surface area (Å²) in [5, 5.41) is 1.86. The topological polar surface area (TPSA) is 99.9 Å². The van der Waals surface area contributed by atoms with E-state index in [1.54, 1.807) is 12.1 Å². The van der Waals surface area contributed by atoms with Crippen molar-refractivity contribution >= 4 is 57.7 Å². The Labute approximate surface area is 268 Å². The lowest BCUT2D eigenvalue weighted by atomic mass is 10.1. The molecule has 0 radical (unpaired) electrons. The molecule has 0 atom stereocenters. The van der Waals surface area contributed by atoms with Gasteiger partial charge in [-0.1, -0.05) is 26.0 Å². The zero-order valence-electron chi connectivity index (χ0n) is 25.6. The van der Waals surface area contributed by atoms with Crippen LogP contribution in [-0.4, -0.2) is 86.2 Å². The minimum absolute atomic E-state index is 0. The highest BCUT2D eigenvalue weighted by atomic mass is 127. The van der Waals surface area contributed by atoms with Gasteiger partial charge < -0.3 is 34.0 Å². The average molecular weight is 697 g/mol. The summed E-state index contributed by atoms with van der Waals surface area (Å²) in [6.45, 7) is 6.10. The van der Waals surface area contributed by atoms with Crippen LogP contribution in [0.15, 0.2) is 48.8 Å². The third kappa shape index (κ3) is 10.1. The number of hydrogen-bond donors (Lipinski definition) is 2. The summed E-state index contributed by atoms with van der Waals surface area (Å²) in [5.41, 5.74) is 4.09. The zero-order valence-corrected chi connectivity index (χ0v) is 27.9. The van der Waals surface area contributed by atoms with Gasteiger partial charge in [0.2, 0.25) is 0 Å². The Balaban J connectivity index is 0.00000362. The number of H-pyrrole nitrogens is 2. The lowest BCUT2D eigenvalue weighted by molar-refractivity contribution is -0.136. The molecule has 0 aliphatic rings. The summed E-state index contributed by atoms with van der Waals surface area (Å²) in [6, 6.07) is 11.3. The largest absolute Gasteiger partial charge is 0.426 e. The summed E-state index contributed by atoms with van der Waals surface area (Å²) in [6.07, 6.45) is 5.79. The predicted molar refractivity (Wildman–Crippen MR) is 183 cm³/mol. The Morgan fingerprint density at radius 3 is 1.50 bits per heavy atom. The van der Waals surface area contributed by atoms with Crippen LogP contribution in [0.3, 0.4) is 0 Å². The van der Waals surface area contributed by atoms with Gasteiger partial charge in [-0.05, 0) is 76.4 Å². The zero-order chi connectivity index (χ0) is 29.8. The normalized spacial score (nSPS) is 11.0. The SMILES string of the molecule is CC.CN(C)CCc1c[nH]c2cccc(OC(=O)CCOCCC(=O)Oc3cccc4[nH]cc(CCN(C)C)c34)c12.I.[HH].[HH]. The Hall–Kier alpha value is -2.93. The fourth-order valence-electron chi connectivity index (χ4n) is 4.45. The molecule has 2 heterocycles. The van der Waals surface area contributed by atoms with Gasteiger partial charge in [-0.25, -0.2) is 0 Å². The summed E-state index contributed by atoms with van der Waals surface area (Å²) in [7, 11) is 8.12. The Morgan fingerprint density at radius 2 is 1.12 bits per heavy atom. The lowest BCUT2D eigenvalue weighted by Crippen LogP contribution is -2.16. The number of esters is 2. The summed E-state index contributed by atoms with van der Waals surface area (Å²) in [4.78, 5) is 35.7. The Kier molecular flexibility index (Phi) is 15.0. The van der Waals surface area contributed by atoms with E-state index >= 15 is 0 Å². The maximum absolute atomic E-state index is 12.5. The van der Waals surface area contributed by atoms with Crippen molar-refractivity contribution in [1.29, 1.82) is 0 Å². The van der Waals surface area contributed by atoms with E-state index in [0.717, 1.165) is 58.9 Å². The molecule has 2 aromatic carbocycles. The second-order valence-electron chi connectivity index (χ2n) is 10.2. The molecule has 234 valence electrons. The van der Waals surface area contributed by atoms with Crippen LogP contribution in [0.4, 0.5) is 0 Å². The number of aromatic amines is 2. The van der Waals surface area contributed by atoms with Crippen LogP contribution in [0.1, 0.15) is 40.7 Å². The third-order valence-electron chi connectivity index (χ3n) is 6.50. The second kappa shape index (κ2) is 17.9. The van der Waals surface area contributed by atoms with Crippen LogP contribution >= 0.6 is 24.0 Å². The van der Waals surface area contributed by atoms with Gasteiger partial charge in [0, 0.05) is 50.1 Å². The van der Waals surface area contributed by atoms with E-state index in [0.29, 0.717) is 11.5 Å². The summed E-state index contributed by atoms with van der Waals surface area (Å²) >= 11 is 0. The number of rotatable bonds is 14. The van der Waals surface area contributed by atoms with Gasteiger partial charge in [-0.3, -0.25) is 9.59 Å². The van der Waals surface area contributed by atoms with Crippen LogP contribution in [-0.2, 0) is 27.2 Å². The number of halogens is 1. The molecule has 0 spiro atoms. The van der Waals surface area contributed by atoms with E-state index in [1.807, 2.05) is 78.7 Å². The molecule has 10 heteroatoms. The van der Waals surface area contributed by atoms with E-state index in [1.165, 1.54) is 0 Å². The summed E-state index contributed by atoms with van der Waals surface area (Å²) in [5.74, 6) is 0.323. The summed E-state index contributed by atoms with van der Waals surface area (Å²) < 4.78 is 16.9. The van der Waals surface area contributed by atoms with E-state index in [9.17, 15) is 9.59 Å². The molecule has 4 aromatic rings. The highest BCUT2D eigenvalue weighted by Crippen LogP contribution is 2.30. The van der Waals surface area contributed by atoms with Crippen molar-refractivity contribution in [3.63, 3.8) is 0 Å². The first-order valence-electron chi connectivity index (χ1n) is 14.3. The highest BCUT2D eigenvalue weighted by Gasteiger charge is 2.15. The molecule has 0 saturated heterocycles. The van der Waals surface area contributed by atoms with E-state index in [4.69, 9.17) is 14.2 Å². The lowest BCUT2D eigenvalue weighted by Gasteiger charge is -2.11. The van der Waals surface area contributed by atoms with Crippen molar-refractivity contribution in [1.82, 2.24) is 19.8 Å². The van der Waals surface area contributed by atoms with Gasteiger partial charge in [0.25, 0.3) is 0 Å². The van der Waals surface area contributed by atoms with Crippen LogP contribution in [0, 0.1) is 0 Å². The number of aromatic nitrogens is 2. The van der Waals surface area contributed by atoms with Crippen molar-refractivity contribution < 1.29 is 26.7 Å². The number of ether oxygens (including phenoxy) is 3.